The van der Waals surface area contributed by atoms with Gasteiger partial charge >= 0.3 is 11.9 Å². The van der Waals surface area contributed by atoms with Crippen molar-refractivity contribution in [3.8, 4) is 0 Å². The van der Waals surface area contributed by atoms with Crippen LogP contribution in [0.2, 0.25) is 0 Å². The first-order chi connectivity index (χ1) is 15.4. The summed E-state index contributed by atoms with van der Waals surface area (Å²) >= 11 is 3.95. The Hall–Kier alpha value is -3.11. The molecule has 16 heteroatoms. The summed E-state index contributed by atoms with van der Waals surface area (Å²) in [5, 5.41) is 34.0. The second-order valence-corrected chi connectivity index (χ2v) is 7.24. The zero-order valence-electron chi connectivity index (χ0n) is 17.8. The summed E-state index contributed by atoms with van der Waals surface area (Å²) in [6, 6.07) is -5.31. The van der Waals surface area contributed by atoms with Crippen LogP contribution >= 0.6 is 12.6 Å². The molecule has 0 rings (SSSR count). The predicted molar refractivity (Wildman–Crippen MR) is 119 cm³/mol. The minimum absolute atomic E-state index is 0.0359. The molecule has 15 nitrogen and oxygen atoms in total. The van der Waals surface area contributed by atoms with Gasteiger partial charge < -0.3 is 48.5 Å². The zero-order chi connectivity index (χ0) is 25.6. The van der Waals surface area contributed by atoms with Crippen molar-refractivity contribution in [2.24, 2.45) is 22.2 Å². The molecule has 0 aromatic rings. The van der Waals surface area contributed by atoms with Gasteiger partial charge in [-0.05, 0) is 19.3 Å². The number of aliphatic hydroxyl groups is 1. The van der Waals surface area contributed by atoms with E-state index in [4.69, 9.17) is 27.4 Å². The van der Waals surface area contributed by atoms with Crippen molar-refractivity contribution in [1.29, 1.82) is 0 Å². The number of thiol groups is 1. The van der Waals surface area contributed by atoms with Gasteiger partial charge in [-0.25, -0.2) is 4.79 Å². The van der Waals surface area contributed by atoms with Gasteiger partial charge in [0.25, 0.3) is 0 Å². The Morgan fingerprint density at radius 2 is 1.42 bits per heavy atom. The molecule has 0 saturated carbocycles. The Kier molecular flexibility index (Phi) is 14.2. The van der Waals surface area contributed by atoms with Crippen LogP contribution in [0.3, 0.4) is 0 Å². The minimum Gasteiger partial charge on any atom is -0.481 e. The summed E-state index contributed by atoms with van der Waals surface area (Å²) in [6.07, 6.45) is -0.670. The highest BCUT2D eigenvalue weighted by Gasteiger charge is 2.30. The topological polar surface area (TPSA) is 273 Å². The van der Waals surface area contributed by atoms with E-state index in [1.807, 2.05) is 0 Å². The summed E-state index contributed by atoms with van der Waals surface area (Å²) in [5.41, 5.74) is 15.7. The molecule has 3 amide bonds. The molecular formula is C17H31N7O8S. The molecule has 0 bridgehead atoms. The second kappa shape index (κ2) is 15.7. The summed E-state index contributed by atoms with van der Waals surface area (Å²) < 4.78 is 0. The van der Waals surface area contributed by atoms with Crippen LogP contribution in [-0.4, -0.2) is 94.0 Å². The summed E-state index contributed by atoms with van der Waals surface area (Å²) in [7, 11) is 0. The lowest BCUT2D eigenvalue weighted by atomic mass is 10.1. The van der Waals surface area contributed by atoms with Crippen molar-refractivity contribution in [2.75, 3.05) is 18.9 Å². The molecule has 0 aromatic heterocycles. The molecule has 4 unspecified atom stereocenters. The molecule has 0 heterocycles. The number of aliphatic hydroxyl groups excluding tert-OH is 1. The van der Waals surface area contributed by atoms with E-state index in [9.17, 15) is 29.1 Å². The lowest BCUT2D eigenvalue weighted by molar-refractivity contribution is -0.143. The van der Waals surface area contributed by atoms with Gasteiger partial charge in [-0.2, -0.15) is 12.6 Å². The summed E-state index contributed by atoms with van der Waals surface area (Å²) in [5.74, 6) is -5.63. The highest BCUT2D eigenvalue weighted by atomic mass is 32.1. The van der Waals surface area contributed by atoms with Crippen molar-refractivity contribution < 1.29 is 39.3 Å². The van der Waals surface area contributed by atoms with Gasteiger partial charge in [0.2, 0.25) is 17.7 Å². The third-order valence-electron chi connectivity index (χ3n) is 4.19. The maximum atomic E-state index is 12.6. The van der Waals surface area contributed by atoms with E-state index in [0.29, 0.717) is 0 Å². The molecule has 0 fully saturated rings. The van der Waals surface area contributed by atoms with Gasteiger partial charge in [-0.3, -0.25) is 24.2 Å². The van der Waals surface area contributed by atoms with E-state index in [-0.39, 0.29) is 37.5 Å². The van der Waals surface area contributed by atoms with Crippen LogP contribution in [0.25, 0.3) is 0 Å². The maximum Gasteiger partial charge on any atom is 0.326 e. The molecule has 0 aromatic carbocycles. The number of aliphatic carboxylic acids is 2. The van der Waals surface area contributed by atoms with Gasteiger partial charge in [0, 0.05) is 18.7 Å². The maximum absolute atomic E-state index is 12.6. The van der Waals surface area contributed by atoms with Gasteiger partial charge in [0.15, 0.2) is 5.96 Å². The average molecular weight is 494 g/mol. The van der Waals surface area contributed by atoms with E-state index in [1.54, 1.807) is 0 Å². The number of guanidine groups is 1. The predicted octanol–water partition coefficient (Wildman–Crippen LogP) is -4.31. The van der Waals surface area contributed by atoms with E-state index >= 15 is 0 Å². The first-order valence-corrected chi connectivity index (χ1v) is 10.4. The molecule has 0 spiro atoms. The lowest BCUT2D eigenvalue weighted by Crippen LogP contribution is -2.58. The number of hydrogen-bond acceptors (Lipinski definition) is 9. The number of carbonyl (C=O) groups excluding carboxylic acids is 3. The standard InChI is InChI=1S/C17H31N7O8S/c18-8(6-25)13(28)24-11(7-33)15(30)22-9(3-4-12(26)27)14(29)23-10(16(31)32)2-1-5-21-17(19)20/h8-11,25,33H,1-7,18H2,(H,22,30)(H,23,29)(H,24,28)(H,26,27)(H,31,32)(H4,19,20,21). The van der Waals surface area contributed by atoms with Crippen LogP contribution in [0.15, 0.2) is 4.99 Å². The number of rotatable bonds is 16. The first-order valence-electron chi connectivity index (χ1n) is 9.81. The van der Waals surface area contributed by atoms with Crippen molar-refractivity contribution in [3.05, 3.63) is 0 Å². The first kappa shape index (κ1) is 29.9. The molecule has 4 atom stereocenters. The van der Waals surface area contributed by atoms with Crippen LogP contribution in [-0.2, 0) is 24.0 Å². The molecular weight excluding hydrogens is 462 g/mol. The Balaban J connectivity index is 5.29. The number of carboxylic acid groups (broad SMARTS) is 2. The van der Waals surface area contributed by atoms with Crippen LogP contribution < -0.4 is 33.2 Å². The molecule has 0 saturated heterocycles. The Morgan fingerprint density at radius 1 is 0.879 bits per heavy atom. The molecule has 33 heavy (non-hydrogen) atoms. The number of aliphatic imine (C=N–C) groups is 1. The average Bonchev–Trinajstić information content (AvgIpc) is 2.75. The third kappa shape index (κ3) is 12.5. The number of carbonyl (C=O) groups is 5. The second-order valence-electron chi connectivity index (χ2n) is 6.87. The fraction of sp³-hybridized carbons (Fsp3) is 0.647. The van der Waals surface area contributed by atoms with E-state index < -0.39 is 66.9 Å². The van der Waals surface area contributed by atoms with E-state index in [0.717, 1.165) is 0 Å². The zero-order valence-corrected chi connectivity index (χ0v) is 18.7. The summed E-state index contributed by atoms with van der Waals surface area (Å²) in [6.45, 7) is -0.545. The lowest BCUT2D eigenvalue weighted by Gasteiger charge is -2.24. The number of nitrogens with two attached hydrogens (primary N) is 3. The van der Waals surface area contributed by atoms with Crippen molar-refractivity contribution >= 4 is 48.2 Å². The highest BCUT2D eigenvalue weighted by Crippen LogP contribution is 2.04. The van der Waals surface area contributed by atoms with E-state index in [2.05, 4.69) is 33.6 Å². The monoisotopic (exact) mass is 493 g/mol. The van der Waals surface area contributed by atoms with Crippen LogP contribution in [0.5, 0.6) is 0 Å². The highest BCUT2D eigenvalue weighted by molar-refractivity contribution is 7.80. The van der Waals surface area contributed by atoms with Crippen molar-refractivity contribution in [1.82, 2.24) is 16.0 Å². The number of nitrogens with zero attached hydrogens (tertiary/aromatic N) is 1. The Morgan fingerprint density at radius 3 is 1.91 bits per heavy atom. The smallest absolute Gasteiger partial charge is 0.326 e. The van der Waals surface area contributed by atoms with Gasteiger partial charge in [-0.1, -0.05) is 0 Å². The third-order valence-corrected chi connectivity index (χ3v) is 4.55. The SMILES string of the molecule is NC(N)=NCCCC(NC(=O)C(CCC(=O)O)NC(=O)C(CS)NC(=O)C(N)CO)C(=O)O. The van der Waals surface area contributed by atoms with Crippen LogP contribution in [0.1, 0.15) is 25.7 Å². The molecule has 12 N–H and O–H groups in total. The summed E-state index contributed by atoms with van der Waals surface area (Å²) in [4.78, 5) is 63.1. The van der Waals surface area contributed by atoms with Crippen molar-refractivity contribution in [3.63, 3.8) is 0 Å². The number of nitrogens with one attached hydrogen (secondary N) is 3. The number of hydrogen-bond donors (Lipinski definition) is 10. The number of amides is 3. The van der Waals surface area contributed by atoms with Crippen molar-refractivity contribution in [2.45, 2.75) is 49.9 Å². The molecule has 0 aliphatic heterocycles. The quantitative estimate of drug-likeness (QED) is 0.0425. The molecule has 0 radical (unpaired) electrons. The van der Waals surface area contributed by atoms with Crippen LogP contribution in [0.4, 0.5) is 0 Å². The van der Waals surface area contributed by atoms with Gasteiger partial charge in [-0.15, -0.1) is 0 Å². The Labute approximate surface area is 194 Å². The largest absolute Gasteiger partial charge is 0.481 e. The van der Waals surface area contributed by atoms with Crippen LogP contribution in [0, 0.1) is 0 Å². The fourth-order valence-corrected chi connectivity index (χ4v) is 2.66. The number of carboxylic acids is 2. The van der Waals surface area contributed by atoms with Gasteiger partial charge in [0.1, 0.15) is 24.2 Å². The molecule has 0 aliphatic rings. The van der Waals surface area contributed by atoms with Gasteiger partial charge in [0.05, 0.1) is 6.61 Å². The Bertz CT molecular complexity index is 732. The molecule has 0 aliphatic carbocycles. The normalized spacial score (nSPS) is 14.2. The van der Waals surface area contributed by atoms with E-state index in [1.165, 1.54) is 0 Å². The minimum atomic E-state index is -1.42. The fourth-order valence-electron chi connectivity index (χ4n) is 2.40. The molecule has 188 valence electrons.